The lowest BCUT2D eigenvalue weighted by Gasteiger charge is -2.54. The lowest BCUT2D eigenvalue weighted by Crippen LogP contribution is -2.64. The van der Waals surface area contributed by atoms with E-state index in [1.807, 2.05) is 13.8 Å². The number of hydrogen-bond acceptors (Lipinski definition) is 28. The Kier molecular flexibility index (Phi) is 30.0. The quantitative estimate of drug-likeness (QED) is 0.0401. The molecular weight excluding hydrogens is 1730 g/mol. The Morgan fingerprint density at radius 2 is 1.33 bits per heavy atom. The number of nitrogens with one attached hydrogen (secondary N) is 12. The molecule has 0 unspecified atom stereocenters. The van der Waals surface area contributed by atoms with Gasteiger partial charge >= 0.3 is 6.03 Å². The number of imide groups is 1. The largest absolute Gasteiger partial charge is 0.508 e. The number of aliphatic hydroxyl groups is 6. The van der Waals surface area contributed by atoms with Gasteiger partial charge in [-0.25, -0.2) is 4.79 Å². The van der Waals surface area contributed by atoms with Gasteiger partial charge < -0.3 is 138 Å². The summed E-state index contributed by atoms with van der Waals surface area (Å²) < 4.78 is 44.8. The number of hydrogen-bond donors (Lipinski definition) is 21. The Bertz CT molecular complexity index is 5330. The molecule has 0 radical (unpaired) electrons. The number of unbranched alkanes of at least 4 members (excludes halogenated alkanes) is 1. The van der Waals surface area contributed by atoms with E-state index < -0.39 is 204 Å². The molecule has 15 bridgehead atoms. The first kappa shape index (κ1) is 96.7. The molecule has 11 amide bonds. The van der Waals surface area contributed by atoms with E-state index in [1.165, 1.54) is 127 Å². The number of phenols is 2. The van der Waals surface area contributed by atoms with Gasteiger partial charge in [-0.1, -0.05) is 43.6 Å². The van der Waals surface area contributed by atoms with Crippen LogP contribution in [0, 0.1) is 43.4 Å². The summed E-state index contributed by atoms with van der Waals surface area (Å²) >= 11 is 7.38. The van der Waals surface area contributed by atoms with Gasteiger partial charge in [0.1, 0.15) is 95.5 Å². The zero-order valence-electron chi connectivity index (χ0n) is 74.4. The Balaban J connectivity index is 0.972. The zero-order chi connectivity index (χ0) is 94.7. The average molecular weight is 1850 g/mol. The van der Waals surface area contributed by atoms with Crippen LogP contribution in [0.2, 0.25) is 5.02 Å². The van der Waals surface area contributed by atoms with E-state index in [9.17, 15) is 60.0 Å². The number of anilines is 1. The van der Waals surface area contributed by atoms with Crippen LogP contribution in [0.15, 0.2) is 97.1 Å². The predicted molar refractivity (Wildman–Crippen MR) is 474 cm³/mol. The predicted octanol–water partition coefficient (Wildman–Crippen LogP) is 4.10. The van der Waals surface area contributed by atoms with Crippen LogP contribution in [0.4, 0.5) is 10.5 Å². The van der Waals surface area contributed by atoms with Crippen LogP contribution < -0.4 is 88.5 Å². The number of carbonyl (C=O) groups is 10. The van der Waals surface area contributed by atoms with Crippen molar-refractivity contribution < 1.29 is 122 Å². The minimum atomic E-state index is -2.38. The summed E-state index contributed by atoms with van der Waals surface area (Å²) in [5.74, 6) is -11.4. The minimum absolute atomic E-state index is 0.0359. The topological polar surface area (TPSA) is 568 Å². The first-order valence-electron chi connectivity index (χ1n) is 44.4. The van der Waals surface area contributed by atoms with Gasteiger partial charge in [0.25, 0.3) is 0 Å². The fraction of sp³-hybridized carbons (Fsp3) is 0.505. The maximum Gasteiger partial charge on any atom is 0.325 e. The van der Waals surface area contributed by atoms with Gasteiger partial charge in [-0.2, -0.15) is 0 Å². The number of likely N-dealkylation sites (N-methyl/N-ethyl adjacent to an activating group) is 1. The van der Waals surface area contributed by atoms with Crippen LogP contribution in [0.25, 0.3) is 11.1 Å². The third-order valence-corrected chi connectivity index (χ3v) is 26.5. The number of urea groups is 1. The van der Waals surface area contributed by atoms with Crippen LogP contribution in [-0.4, -0.2) is 219 Å². The van der Waals surface area contributed by atoms with Crippen molar-refractivity contribution in [2.24, 2.45) is 35.3 Å². The van der Waals surface area contributed by atoms with Crippen LogP contribution in [0.5, 0.6) is 46.0 Å². The molecule has 132 heavy (non-hydrogen) atoms. The molecule has 38 nitrogen and oxygen atoms in total. The first-order chi connectivity index (χ1) is 62.8. The highest BCUT2D eigenvalue weighted by molar-refractivity contribution is 6.32. The normalized spacial score (nSPS) is 29.3. The van der Waals surface area contributed by atoms with Crippen molar-refractivity contribution in [1.82, 2.24) is 58.5 Å². The Morgan fingerprint density at radius 1 is 0.689 bits per heavy atom. The second-order valence-electron chi connectivity index (χ2n) is 36.3. The molecule has 17 rings (SSSR count). The maximum absolute atomic E-state index is 16.9. The summed E-state index contributed by atoms with van der Waals surface area (Å²) in [6.45, 7) is 11.0. The van der Waals surface area contributed by atoms with Crippen molar-refractivity contribution in [3.8, 4) is 57.1 Å². The summed E-state index contributed by atoms with van der Waals surface area (Å²) in [5, 5.41) is 129. The summed E-state index contributed by atoms with van der Waals surface area (Å²) in [4.78, 5) is 152. The molecule has 11 aliphatic rings. The number of fused-ring (bicyclic) bond motifs is 15. The maximum atomic E-state index is 16.9. The molecular formula is C93H116ClN13O25. The molecule has 6 aromatic carbocycles. The molecule has 7 heterocycles. The molecule has 4 saturated carbocycles. The van der Waals surface area contributed by atoms with Gasteiger partial charge in [0.15, 0.2) is 23.9 Å². The number of benzene rings is 6. The Hall–Kier alpha value is -11.4. The number of ether oxygens (including phenoxy) is 7. The molecule has 0 spiro atoms. The highest BCUT2D eigenvalue weighted by Crippen LogP contribution is 2.55. The first-order valence-corrected chi connectivity index (χ1v) is 44.8. The summed E-state index contributed by atoms with van der Waals surface area (Å²) in [6, 6.07) is 5.40. The highest BCUT2D eigenvalue weighted by Gasteiger charge is 2.53. The monoisotopic (exact) mass is 1850 g/mol. The number of aromatic hydroxyl groups is 2. The summed E-state index contributed by atoms with van der Waals surface area (Å²) in [5.41, 5.74) is 4.97. The molecule has 6 aromatic rings. The number of nitrogens with two attached hydrogens (primary N) is 1. The van der Waals surface area contributed by atoms with Crippen LogP contribution in [0.1, 0.15) is 174 Å². The van der Waals surface area contributed by atoms with Crippen molar-refractivity contribution in [1.29, 1.82) is 0 Å². The van der Waals surface area contributed by atoms with E-state index in [0.717, 1.165) is 44.2 Å². The van der Waals surface area contributed by atoms with Gasteiger partial charge in [-0.15, -0.1) is 0 Å². The molecule has 22 N–H and O–H groups in total. The van der Waals surface area contributed by atoms with Gasteiger partial charge in [-0.3, -0.25) is 48.5 Å². The summed E-state index contributed by atoms with van der Waals surface area (Å²) in [6.07, 6.45) is -13.1. The second kappa shape index (κ2) is 41.0. The van der Waals surface area contributed by atoms with E-state index >= 15 is 28.8 Å². The van der Waals surface area contributed by atoms with Crippen molar-refractivity contribution in [2.45, 2.75) is 235 Å². The fourth-order valence-corrected chi connectivity index (χ4v) is 19.7. The number of rotatable bonds is 23. The molecule has 4 aliphatic carbocycles. The van der Waals surface area contributed by atoms with Crippen molar-refractivity contribution >= 4 is 76.5 Å². The van der Waals surface area contributed by atoms with Gasteiger partial charge in [0.05, 0.1) is 43.4 Å². The number of halogens is 1. The number of carbonyl (C=O) groups excluding carboxylic acids is 10. The van der Waals surface area contributed by atoms with Gasteiger partial charge in [-0.05, 0) is 246 Å². The lowest BCUT2D eigenvalue weighted by atomic mass is 9.54. The molecule has 6 fully saturated rings. The van der Waals surface area contributed by atoms with Crippen molar-refractivity contribution in [3.05, 3.63) is 147 Å². The number of aliphatic hydroxyl groups excluding tert-OH is 6. The van der Waals surface area contributed by atoms with Gasteiger partial charge in [0, 0.05) is 54.8 Å². The molecule has 2 saturated heterocycles. The Labute approximate surface area is 765 Å². The minimum Gasteiger partial charge on any atom is -0.508 e. The van der Waals surface area contributed by atoms with E-state index in [-0.39, 0.29) is 127 Å². The molecule has 0 aromatic heterocycles. The van der Waals surface area contributed by atoms with Crippen LogP contribution >= 0.6 is 11.6 Å². The lowest BCUT2D eigenvalue weighted by molar-refractivity contribution is -0.333. The van der Waals surface area contributed by atoms with Crippen molar-refractivity contribution in [3.63, 3.8) is 0 Å². The van der Waals surface area contributed by atoms with E-state index in [0.29, 0.717) is 43.5 Å². The molecule has 710 valence electrons. The van der Waals surface area contributed by atoms with Crippen LogP contribution in [-0.2, 0) is 63.9 Å². The van der Waals surface area contributed by atoms with E-state index in [4.69, 9.17) is 50.5 Å². The summed E-state index contributed by atoms with van der Waals surface area (Å²) in [7, 11) is 2.91. The van der Waals surface area contributed by atoms with Crippen molar-refractivity contribution in [2.75, 3.05) is 39.2 Å². The number of amides is 11. The number of phenolic OH excluding ortho intramolecular Hbond substituents is 2. The molecule has 7 aliphatic heterocycles. The van der Waals surface area contributed by atoms with Crippen LogP contribution in [0.3, 0.4) is 0 Å². The molecule has 39 heteroatoms. The van der Waals surface area contributed by atoms with E-state index in [2.05, 4.69) is 63.8 Å². The average Bonchev–Trinajstić information content (AvgIpc) is 0.748. The standard InChI is InChI=1S/C93H116ClN13O25/c1-40(2)24-59(96-8)84(118)106-75-77(113)48-13-20-63(41(3)25-48)128-65-33-52-34-66(81(65)132-91-82(80(116)79(115)67(39-108)130-91)131-69-37-93(7,95)83(117)43(5)127-69)129-64-21-14-49(32-58(64)94)78(114)76-90(124)105-74(88(122)102-71-50-27-45-26-46(29-50)30-51(71)28-45)56-35-62(111)57(38-97-22-10-11-23-98-44(6)109)42(4)70(56)55-31-47(12-19-61(55)110)72(86(120)107-76)104-87(121)73(52)103-85(119)60(100-89(75)123)36-68(112)101-92(125)99-53-15-17-54(126-9)18-16-53/h12-21,25,31-35,40,43,45-46,50-51,59-60,67,69,71-80,82-83,91,96-97,108,110-111,113-117H,10-11,22-24,26-30,36-39,95H2,1-9H3,(H,98,109)(H,100,123)(H,102,122)(H,103,119)(H,104,121)(H,105,124)(H,106,118)(H,107,120)(H2,99,101,112,125)/t43-,45?,46?,50?,51?,59+,60-,67+,69-,71?,72+,73+,74-,75+,76-,77+,78+,79+,80-,82+,83+,91-,93-/m0/s1. The van der Waals surface area contributed by atoms with E-state index in [1.54, 1.807) is 6.92 Å². The second-order valence-corrected chi connectivity index (χ2v) is 36.7. The third-order valence-electron chi connectivity index (χ3n) is 26.2. The number of aryl methyl sites for hydroxylation is 1. The molecule has 18 atom stereocenters. The Morgan fingerprint density at radius 3 is 1.98 bits per heavy atom. The number of methoxy groups -OCH3 is 1. The van der Waals surface area contributed by atoms with Gasteiger partial charge in [0.2, 0.25) is 65.2 Å². The highest BCUT2D eigenvalue weighted by atomic mass is 35.5. The smallest absolute Gasteiger partial charge is 0.325 e. The third kappa shape index (κ3) is 21.5. The zero-order valence-corrected chi connectivity index (χ0v) is 75.1. The SMILES string of the molecule is CN[C@H](CC(C)C)C(=O)N[C@H]1C(=O)N[C@@H](CC(=O)NC(=O)Nc2ccc(OC)cc2)C(=O)N[C@H]2C(=O)N[C@H]3C(=O)N[C@H](C(=O)N[C@H](C(=O)NC4C5CC6CC(C5)CC4C6)c4cc(O)c(CNCCCCNC(C)=O)c(C)c4-c4cc3ccc4O)[C@H](O)c3ccc(c(Cl)c3)Oc3cc2cc(c3O[C@@H]2O[C@H](CO)[C@@H](O)[C@H](O)[C@H]2O[C@H]2C[C@](C)(N)[C@H](O)[C@H](C)O2)Oc2ccc(cc2C)[C@H]1O. The fourth-order valence-electron chi connectivity index (χ4n) is 19.5.